The van der Waals surface area contributed by atoms with Gasteiger partial charge in [0.05, 0.1) is 12.2 Å². The number of benzene rings is 3. The average Bonchev–Trinajstić information content (AvgIpc) is 2.76. The molecule has 144 valence electrons. The fourth-order valence-electron chi connectivity index (χ4n) is 4.08. The summed E-state index contributed by atoms with van der Waals surface area (Å²) in [6.07, 6.45) is -0.0597. The predicted octanol–water partition coefficient (Wildman–Crippen LogP) is 4.13. The van der Waals surface area contributed by atoms with Crippen molar-refractivity contribution in [2.75, 3.05) is 6.61 Å². The number of nitrogens with one attached hydrogen (secondary N) is 1. The van der Waals surface area contributed by atoms with Gasteiger partial charge >= 0.3 is 0 Å². The Balaban J connectivity index is 1.56. The van der Waals surface area contributed by atoms with E-state index < -0.39 is 6.10 Å². The maximum absolute atomic E-state index is 11.2. The van der Waals surface area contributed by atoms with Gasteiger partial charge in [-0.25, -0.2) is 0 Å². The van der Waals surface area contributed by atoms with Crippen LogP contribution >= 0.6 is 0 Å². The Kier molecular flexibility index (Phi) is 6.17. The fourth-order valence-corrected chi connectivity index (χ4v) is 4.08. The third-order valence-corrected chi connectivity index (χ3v) is 5.55. The largest absolute Gasteiger partial charge is 0.389 e. The summed E-state index contributed by atoms with van der Waals surface area (Å²) in [5.74, 6) is -0.00118. The van der Waals surface area contributed by atoms with E-state index in [4.69, 9.17) is 4.74 Å². The second-order valence-corrected chi connectivity index (χ2v) is 7.39. The molecule has 2 N–H and O–H groups in total. The van der Waals surface area contributed by atoms with Crippen molar-refractivity contribution in [2.24, 2.45) is 0 Å². The fraction of sp³-hybridized carbons (Fsp3) is 0.280. The van der Waals surface area contributed by atoms with Gasteiger partial charge in [-0.3, -0.25) is 0 Å². The molecule has 0 aliphatic carbocycles. The maximum atomic E-state index is 11.2. The van der Waals surface area contributed by atoms with E-state index in [1.165, 1.54) is 16.7 Å². The van der Waals surface area contributed by atoms with Gasteiger partial charge in [-0.2, -0.15) is 0 Å². The van der Waals surface area contributed by atoms with Gasteiger partial charge in [0.1, 0.15) is 0 Å². The first-order valence-corrected chi connectivity index (χ1v) is 10.00. The van der Waals surface area contributed by atoms with Crippen LogP contribution in [0.5, 0.6) is 0 Å². The van der Waals surface area contributed by atoms with Crippen LogP contribution in [0.1, 0.15) is 29.0 Å². The molecule has 3 nitrogen and oxygen atoms in total. The Morgan fingerprint density at radius 2 is 1.36 bits per heavy atom. The van der Waals surface area contributed by atoms with E-state index in [1.807, 2.05) is 54.6 Å². The Bertz CT molecular complexity index is 799. The number of aliphatic hydroxyl groups is 1. The maximum Gasteiger partial charge on any atom is 0.0964 e. The monoisotopic (exact) mass is 373 g/mol. The third kappa shape index (κ3) is 4.33. The SMILES string of the molecule is O[C@@H]1C(C(c2ccccc2)c2ccccc2)OCC[C@@H]1NCc1ccccc1. The first-order chi connectivity index (χ1) is 13.8. The van der Waals surface area contributed by atoms with Gasteiger partial charge in [-0.1, -0.05) is 91.0 Å². The van der Waals surface area contributed by atoms with Crippen molar-refractivity contribution in [3.63, 3.8) is 0 Å². The summed E-state index contributed by atoms with van der Waals surface area (Å²) in [4.78, 5) is 0. The van der Waals surface area contributed by atoms with Crippen molar-refractivity contribution in [2.45, 2.75) is 37.1 Å². The van der Waals surface area contributed by atoms with Crippen LogP contribution in [0.4, 0.5) is 0 Å². The van der Waals surface area contributed by atoms with Gasteiger partial charge in [0.25, 0.3) is 0 Å². The average molecular weight is 373 g/mol. The van der Waals surface area contributed by atoms with Crippen molar-refractivity contribution in [3.05, 3.63) is 108 Å². The zero-order chi connectivity index (χ0) is 19.2. The van der Waals surface area contributed by atoms with Gasteiger partial charge in [-0.05, 0) is 23.1 Å². The highest BCUT2D eigenvalue weighted by Gasteiger charge is 2.38. The molecular formula is C25H27NO2. The molecule has 0 radical (unpaired) electrons. The quantitative estimate of drug-likeness (QED) is 0.683. The second-order valence-electron chi connectivity index (χ2n) is 7.39. The zero-order valence-corrected chi connectivity index (χ0v) is 15.9. The van der Waals surface area contributed by atoms with Crippen LogP contribution in [0.2, 0.25) is 0 Å². The molecule has 0 saturated carbocycles. The molecular weight excluding hydrogens is 346 g/mol. The van der Waals surface area contributed by atoms with Gasteiger partial charge in [0.2, 0.25) is 0 Å². The molecule has 28 heavy (non-hydrogen) atoms. The molecule has 0 aromatic heterocycles. The van der Waals surface area contributed by atoms with Crippen LogP contribution in [-0.4, -0.2) is 30.0 Å². The van der Waals surface area contributed by atoms with Gasteiger partial charge in [0.15, 0.2) is 0 Å². The number of hydrogen-bond donors (Lipinski definition) is 2. The molecule has 1 heterocycles. The van der Waals surface area contributed by atoms with Crippen LogP contribution in [0.15, 0.2) is 91.0 Å². The minimum atomic E-state index is -0.581. The Labute approximate surface area is 167 Å². The summed E-state index contributed by atoms with van der Waals surface area (Å²) in [7, 11) is 0. The molecule has 3 atom stereocenters. The highest BCUT2D eigenvalue weighted by atomic mass is 16.5. The lowest BCUT2D eigenvalue weighted by Gasteiger charge is -2.40. The number of aliphatic hydroxyl groups excluding tert-OH is 1. The molecule has 0 amide bonds. The first-order valence-electron chi connectivity index (χ1n) is 10.00. The minimum absolute atomic E-state index is 0.00118. The normalized spacial score (nSPS) is 22.3. The van der Waals surface area contributed by atoms with Crippen molar-refractivity contribution in [1.29, 1.82) is 0 Å². The second kappa shape index (κ2) is 9.16. The van der Waals surface area contributed by atoms with Crippen LogP contribution in [-0.2, 0) is 11.3 Å². The first kappa shape index (κ1) is 18.9. The molecule has 4 rings (SSSR count). The Morgan fingerprint density at radius 1 is 0.821 bits per heavy atom. The van der Waals surface area contributed by atoms with E-state index >= 15 is 0 Å². The summed E-state index contributed by atoms with van der Waals surface area (Å²) in [6.45, 7) is 1.39. The summed E-state index contributed by atoms with van der Waals surface area (Å²) < 4.78 is 6.15. The van der Waals surface area contributed by atoms with Gasteiger partial charge < -0.3 is 15.2 Å². The third-order valence-electron chi connectivity index (χ3n) is 5.55. The molecule has 1 saturated heterocycles. The number of rotatable bonds is 6. The Hall–Kier alpha value is -2.46. The minimum Gasteiger partial charge on any atom is -0.389 e. The molecule has 3 aromatic carbocycles. The van der Waals surface area contributed by atoms with E-state index in [2.05, 4.69) is 41.7 Å². The van der Waals surface area contributed by atoms with Crippen LogP contribution < -0.4 is 5.32 Å². The summed E-state index contributed by atoms with van der Waals surface area (Å²) in [6, 6.07) is 31.0. The Morgan fingerprint density at radius 3 is 1.93 bits per heavy atom. The highest BCUT2D eigenvalue weighted by molar-refractivity contribution is 5.34. The number of ether oxygens (including phenoxy) is 1. The lowest BCUT2D eigenvalue weighted by Crippen LogP contribution is -2.53. The lowest BCUT2D eigenvalue weighted by molar-refractivity contribution is -0.0974. The highest BCUT2D eigenvalue weighted by Crippen LogP contribution is 2.34. The van der Waals surface area contributed by atoms with E-state index in [0.29, 0.717) is 6.61 Å². The van der Waals surface area contributed by atoms with Crippen molar-refractivity contribution >= 4 is 0 Å². The summed E-state index contributed by atoms with van der Waals surface area (Å²) in [5.41, 5.74) is 3.56. The molecule has 3 heteroatoms. The van der Waals surface area contributed by atoms with Crippen molar-refractivity contribution in [1.82, 2.24) is 5.32 Å². The van der Waals surface area contributed by atoms with Crippen LogP contribution in [0.25, 0.3) is 0 Å². The molecule has 1 fully saturated rings. The van der Waals surface area contributed by atoms with Crippen LogP contribution in [0, 0.1) is 0 Å². The zero-order valence-electron chi connectivity index (χ0n) is 15.9. The van der Waals surface area contributed by atoms with Crippen molar-refractivity contribution in [3.8, 4) is 0 Å². The standard InChI is InChI=1S/C25H27NO2/c27-24-22(26-18-19-10-4-1-5-11-19)16-17-28-25(24)23(20-12-6-2-7-13-20)21-14-8-3-9-15-21/h1-15,22-27H,16-18H2/t22-,24-,25?/m0/s1. The van der Waals surface area contributed by atoms with E-state index in [9.17, 15) is 5.11 Å². The van der Waals surface area contributed by atoms with Gasteiger partial charge in [0, 0.05) is 25.1 Å². The molecule has 1 aliphatic heterocycles. The molecule has 3 aromatic rings. The van der Waals surface area contributed by atoms with Gasteiger partial charge in [-0.15, -0.1) is 0 Å². The summed E-state index contributed by atoms with van der Waals surface area (Å²) in [5, 5.41) is 14.8. The smallest absolute Gasteiger partial charge is 0.0964 e. The van der Waals surface area contributed by atoms with Crippen LogP contribution in [0.3, 0.4) is 0 Å². The topological polar surface area (TPSA) is 41.5 Å². The lowest BCUT2D eigenvalue weighted by atomic mass is 9.81. The molecule has 1 aliphatic rings. The molecule has 1 unspecified atom stereocenters. The predicted molar refractivity (Wildman–Crippen MR) is 112 cm³/mol. The number of hydrogen-bond acceptors (Lipinski definition) is 3. The molecule has 0 bridgehead atoms. The van der Waals surface area contributed by atoms with E-state index in [1.54, 1.807) is 0 Å². The van der Waals surface area contributed by atoms with Crippen molar-refractivity contribution < 1.29 is 9.84 Å². The molecule has 0 spiro atoms. The summed E-state index contributed by atoms with van der Waals surface area (Å²) >= 11 is 0. The van der Waals surface area contributed by atoms with E-state index in [0.717, 1.165) is 13.0 Å². The van der Waals surface area contributed by atoms with E-state index in [-0.39, 0.29) is 18.1 Å².